The predicted octanol–water partition coefficient (Wildman–Crippen LogP) is 4.04. The van der Waals surface area contributed by atoms with Gasteiger partial charge >= 0.3 is 11.9 Å². The smallest absolute Gasteiger partial charge is 0.349 e. The molecule has 0 aliphatic heterocycles. The predicted molar refractivity (Wildman–Crippen MR) is 106 cm³/mol. The van der Waals surface area contributed by atoms with E-state index in [4.69, 9.17) is 14.2 Å². The number of ether oxygens (including phenoxy) is 4. The Morgan fingerprint density at radius 3 is 1.93 bits per heavy atom. The van der Waals surface area contributed by atoms with Crippen LogP contribution in [0.3, 0.4) is 0 Å². The standard InChI is InChI=1S/C23H20O6/c1-26-23(25)18-7-9-21(10-8-18)29-22(24)16-28-20-13-11-19(12-14-20)27-15-17-5-3-2-4-6-17/h2-14H,15-16H2,1H3. The van der Waals surface area contributed by atoms with Crippen molar-refractivity contribution in [1.82, 2.24) is 0 Å². The van der Waals surface area contributed by atoms with Crippen molar-refractivity contribution in [3.63, 3.8) is 0 Å². The minimum absolute atomic E-state index is 0.247. The van der Waals surface area contributed by atoms with E-state index in [9.17, 15) is 9.59 Å². The summed E-state index contributed by atoms with van der Waals surface area (Å²) in [6, 6.07) is 22.9. The maximum absolute atomic E-state index is 11.9. The Labute approximate surface area is 168 Å². The van der Waals surface area contributed by atoms with Crippen LogP contribution in [0.15, 0.2) is 78.9 Å². The van der Waals surface area contributed by atoms with Gasteiger partial charge in [-0.05, 0) is 54.1 Å². The number of esters is 2. The van der Waals surface area contributed by atoms with Crippen molar-refractivity contribution >= 4 is 11.9 Å². The lowest BCUT2D eigenvalue weighted by molar-refractivity contribution is -0.136. The van der Waals surface area contributed by atoms with Gasteiger partial charge in [-0.1, -0.05) is 30.3 Å². The molecule has 3 aromatic carbocycles. The van der Waals surface area contributed by atoms with Gasteiger partial charge in [0.2, 0.25) is 0 Å². The van der Waals surface area contributed by atoms with Crippen molar-refractivity contribution in [2.45, 2.75) is 6.61 Å². The number of benzene rings is 3. The second kappa shape index (κ2) is 9.94. The zero-order chi connectivity index (χ0) is 20.5. The quantitative estimate of drug-likeness (QED) is 0.426. The third kappa shape index (κ3) is 6.10. The van der Waals surface area contributed by atoms with E-state index in [-0.39, 0.29) is 6.61 Å². The van der Waals surface area contributed by atoms with Crippen LogP contribution in [-0.2, 0) is 16.1 Å². The van der Waals surface area contributed by atoms with Crippen LogP contribution in [0, 0.1) is 0 Å². The number of carbonyl (C=O) groups excluding carboxylic acids is 2. The maximum Gasteiger partial charge on any atom is 0.349 e. The summed E-state index contributed by atoms with van der Waals surface area (Å²) >= 11 is 0. The molecular formula is C23H20O6. The Hall–Kier alpha value is -3.80. The van der Waals surface area contributed by atoms with Crippen LogP contribution in [0.1, 0.15) is 15.9 Å². The fourth-order valence-electron chi connectivity index (χ4n) is 2.45. The topological polar surface area (TPSA) is 71.1 Å². The van der Waals surface area contributed by atoms with Gasteiger partial charge in [-0.15, -0.1) is 0 Å². The zero-order valence-corrected chi connectivity index (χ0v) is 15.9. The van der Waals surface area contributed by atoms with Crippen LogP contribution >= 0.6 is 0 Å². The van der Waals surface area contributed by atoms with Crippen molar-refractivity contribution in [3.8, 4) is 17.2 Å². The number of methoxy groups -OCH3 is 1. The number of carbonyl (C=O) groups is 2. The van der Waals surface area contributed by atoms with Crippen molar-refractivity contribution in [3.05, 3.63) is 90.0 Å². The molecule has 0 N–H and O–H groups in total. The summed E-state index contributed by atoms with van der Waals surface area (Å²) in [5.41, 5.74) is 1.45. The number of rotatable bonds is 8. The normalized spacial score (nSPS) is 10.1. The molecule has 6 nitrogen and oxygen atoms in total. The van der Waals surface area contributed by atoms with E-state index >= 15 is 0 Å². The van der Waals surface area contributed by atoms with Gasteiger partial charge in [0.05, 0.1) is 12.7 Å². The van der Waals surface area contributed by atoms with Gasteiger partial charge in [-0.25, -0.2) is 9.59 Å². The molecule has 0 amide bonds. The van der Waals surface area contributed by atoms with E-state index in [0.717, 1.165) is 5.56 Å². The highest BCUT2D eigenvalue weighted by Gasteiger charge is 2.09. The molecule has 0 aliphatic rings. The molecule has 0 radical (unpaired) electrons. The second-order valence-corrected chi connectivity index (χ2v) is 6.02. The van der Waals surface area contributed by atoms with Crippen molar-refractivity contribution in [2.24, 2.45) is 0 Å². The third-order valence-corrected chi connectivity index (χ3v) is 3.94. The van der Waals surface area contributed by atoms with Gasteiger partial charge in [-0.2, -0.15) is 0 Å². The summed E-state index contributed by atoms with van der Waals surface area (Å²) in [7, 11) is 1.30. The molecule has 0 saturated carbocycles. The third-order valence-electron chi connectivity index (χ3n) is 3.94. The minimum atomic E-state index is -0.555. The van der Waals surface area contributed by atoms with Gasteiger partial charge in [0, 0.05) is 0 Å². The minimum Gasteiger partial charge on any atom is -0.489 e. The van der Waals surface area contributed by atoms with Crippen LogP contribution in [-0.4, -0.2) is 25.7 Å². The van der Waals surface area contributed by atoms with Crippen LogP contribution in [0.5, 0.6) is 17.2 Å². The Balaban J connectivity index is 1.44. The number of hydrogen-bond acceptors (Lipinski definition) is 6. The lowest BCUT2D eigenvalue weighted by Crippen LogP contribution is -2.17. The molecule has 6 heteroatoms. The molecule has 0 bridgehead atoms. The zero-order valence-electron chi connectivity index (χ0n) is 15.9. The Kier molecular flexibility index (Phi) is 6.84. The highest BCUT2D eigenvalue weighted by Crippen LogP contribution is 2.19. The molecule has 3 aromatic rings. The maximum atomic E-state index is 11.9. The molecule has 0 fully saturated rings. The highest BCUT2D eigenvalue weighted by molar-refractivity contribution is 5.89. The average Bonchev–Trinajstić information content (AvgIpc) is 2.77. The summed E-state index contributed by atoms with van der Waals surface area (Å²) in [5.74, 6) is 0.531. The molecule has 148 valence electrons. The van der Waals surface area contributed by atoms with Crippen LogP contribution in [0.25, 0.3) is 0 Å². The van der Waals surface area contributed by atoms with Crippen LogP contribution in [0.2, 0.25) is 0 Å². The summed E-state index contributed by atoms with van der Waals surface area (Å²) in [6.07, 6.45) is 0. The van der Waals surface area contributed by atoms with E-state index in [1.54, 1.807) is 24.3 Å². The molecule has 0 aromatic heterocycles. The monoisotopic (exact) mass is 392 g/mol. The lowest BCUT2D eigenvalue weighted by atomic mass is 10.2. The van der Waals surface area contributed by atoms with Crippen LogP contribution < -0.4 is 14.2 Å². The fraction of sp³-hybridized carbons (Fsp3) is 0.130. The molecule has 3 rings (SSSR count). The van der Waals surface area contributed by atoms with E-state index in [0.29, 0.717) is 29.4 Å². The van der Waals surface area contributed by atoms with E-state index in [2.05, 4.69) is 4.74 Å². The number of hydrogen-bond donors (Lipinski definition) is 0. The first-order valence-electron chi connectivity index (χ1n) is 8.92. The largest absolute Gasteiger partial charge is 0.489 e. The summed E-state index contributed by atoms with van der Waals surface area (Å²) in [4.78, 5) is 23.3. The van der Waals surface area contributed by atoms with Crippen LogP contribution in [0.4, 0.5) is 0 Å². The second-order valence-electron chi connectivity index (χ2n) is 6.02. The SMILES string of the molecule is COC(=O)c1ccc(OC(=O)COc2ccc(OCc3ccccc3)cc2)cc1. The molecule has 29 heavy (non-hydrogen) atoms. The molecule has 0 spiro atoms. The Morgan fingerprint density at radius 2 is 1.31 bits per heavy atom. The average molecular weight is 392 g/mol. The molecule has 0 heterocycles. The Morgan fingerprint density at radius 1 is 0.724 bits per heavy atom. The highest BCUT2D eigenvalue weighted by atomic mass is 16.6. The molecular weight excluding hydrogens is 372 g/mol. The Bertz CT molecular complexity index is 933. The first-order valence-corrected chi connectivity index (χ1v) is 8.92. The summed E-state index contributed by atoms with van der Waals surface area (Å²) in [5, 5.41) is 0. The van der Waals surface area contributed by atoms with Crippen molar-refractivity contribution in [1.29, 1.82) is 0 Å². The van der Waals surface area contributed by atoms with E-state index in [1.807, 2.05) is 30.3 Å². The summed E-state index contributed by atoms with van der Waals surface area (Å²) < 4.78 is 20.9. The lowest BCUT2D eigenvalue weighted by Gasteiger charge is -2.09. The molecule has 0 aliphatic carbocycles. The molecule has 0 unspecified atom stereocenters. The van der Waals surface area contributed by atoms with Crippen molar-refractivity contribution in [2.75, 3.05) is 13.7 Å². The van der Waals surface area contributed by atoms with Crippen molar-refractivity contribution < 1.29 is 28.5 Å². The van der Waals surface area contributed by atoms with E-state index in [1.165, 1.54) is 31.4 Å². The van der Waals surface area contributed by atoms with Gasteiger partial charge in [0.15, 0.2) is 6.61 Å². The fourth-order valence-corrected chi connectivity index (χ4v) is 2.45. The van der Waals surface area contributed by atoms with Gasteiger partial charge in [0.1, 0.15) is 23.9 Å². The molecule has 0 atom stereocenters. The van der Waals surface area contributed by atoms with E-state index < -0.39 is 11.9 Å². The first kappa shape index (κ1) is 19.9. The van der Waals surface area contributed by atoms with Gasteiger partial charge in [0.25, 0.3) is 0 Å². The first-order chi connectivity index (χ1) is 14.1. The van der Waals surface area contributed by atoms with Gasteiger partial charge in [-0.3, -0.25) is 0 Å². The molecule has 0 saturated heterocycles. The summed E-state index contributed by atoms with van der Waals surface area (Å²) in [6.45, 7) is 0.227. The van der Waals surface area contributed by atoms with Gasteiger partial charge < -0.3 is 18.9 Å².